The number of aliphatic imine (C=N–C) groups is 1. The van der Waals surface area contributed by atoms with E-state index in [1.165, 1.54) is 0 Å². The molecule has 0 aliphatic rings. The van der Waals surface area contributed by atoms with Crippen molar-refractivity contribution in [1.82, 2.24) is 15.5 Å². The van der Waals surface area contributed by atoms with Gasteiger partial charge in [0.05, 0.1) is 12.6 Å². The molecule has 0 spiro atoms. The molecule has 0 aromatic heterocycles. The van der Waals surface area contributed by atoms with E-state index < -0.39 is 0 Å². The molecule has 0 saturated carbocycles. The summed E-state index contributed by atoms with van der Waals surface area (Å²) in [6, 6.07) is 5.53. The Hall–Kier alpha value is -1.01. The lowest BCUT2D eigenvalue weighted by atomic mass is 10.1. The molecule has 1 rings (SSSR count). The first-order valence-corrected chi connectivity index (χ1v) is 8.33. The Morgan fingerprint density at radius 3 is 2.70 bits per heavy atom. The van der Waals surface area contributed by atoms with Gasteiger partial charge in [-0.25, -0.2) is 0 Å². The fourth-order valence-corrected chi connectivity index (χ4v) is 2.63. The maximum Gasteiger partial charge on any atom is 0.191 e. The molecule has 130 valence electrons. The molecule has 1 aromatic carbocycles. The number of hydrogen-bond donors (Lipinski definition) is 2. The van der Waals surface area contributed by atoms with Crippen LogP contribution < -0.4 is 10.6 Å². The van der Waals surface area contributed by atoms with E-state index in [-0.39, 0.29) is 6.04 Å². The van der Waals surface area contributed by atoms with Crippen LogP contribution in [-0.4, -0.2) is 58.3 Å². The maximum atomic E-state index is 6.24. The second-order valence-corrected chi connectivity index (χ2v) is 6.17. The third kappa shape index (κ3) is 7.40. The molecule has 0 bridgehead atoms. The number of guanidine groups is 1. The molecular weight excluding hydrogens is 335 g/mol. The average Bonchev–Trinajstić information content (AvgIpc) is 2.51. The fourth-order valence-electron chi connectivity index (χ4n) is 2.05. The number of likely N-dealkylation sites (N-methyl/N-ethyl adjacent to an activating group) is 1. The van der Waals surface area contributed by atoms with E-state index in [0.29, 0.717) is 10.0 Å². The second kappa shape index (κ2) is 10.7. The second-order valence-electron chi connectivity index (χ2n) is 5.33. The number of benzene rings is 1. The Balaban J connectivity index is 2.46. The van der Waals surface area contributed by atoms with E-state index >= 15 is 0 Å². The lowest BCUT2D eigenvalue weighted by molar-refractivity contribution is 0.162. The van der Waals surface area contributed by atoms with Gasteiger partial charge in [0.2, 0.25) is 0 Å². The number of nitrogens with zero attached hydrogens (tertiary/aromatic N) is 2. The molecule has 5 nitrogen and oxygen atoms in total. The van der Waals surface area contributed by atoms with E-state index in [0.717, 1.165) is 37.8 Å². The van der Waals surface area contributed by atoms with Crippen molar-refractivity contribution in [2.24, 2.45) is 4.99 Å². The molecule has 1 aromatic rings. The van der Waals surface area contributed by atoms with E-state index in [1.807, 2.05) is 19.1 Å². The molecule has 0 aliphatic carbocycles. The van der Waals surface area contributed by atoms with Crippen molar-refractivity contribution in [2.75, 3.05) is 47.4 Å². The van der Waals surface area contributed by atoms with Crippen LogP contribution in [0.15, 0.2) is 23.2 Å². The van der Waals surface area contributed by atoms with Crippen LogP contribution in [0.25, 0.3) is 0 Å². The normalized spacial score (nSPS) is 13.3. The van der Waals surface area contributed by atoms with Crippen LogP contribution in [0.4, 0.5) is 0 Å². The molecule has 0 fully saturated rings. The largest absolute Gasteiger partial charge is 0.383 e. The summed E-state index contributed by atoms with van der Waals surface area (Å²) in [7, 11) is 5.52. The summed E-state index contributed by atoms with van der Waals surface area (Å²) >= 11 is 12.2. The van der Waals surface area contributed by atoms with Gasteiger partial charge >= 0.3 is 0 Å². The lowest BCUT2D eigenvalue weighted by Crippen LogP contribution is -2.42. The SMILES string of the molecule is CN=C(NCCN(C)CCOC)NC(C)c1ccc(Cl)cc1Cl. The van der Waals surface area contributed by atoms with Crippen LogP contribution in [0.5, 0.6) is 0 Å². The average molecular weight is 361 g/mol. The molecule has 0 heterocycles. The number of rotatable bonds is 8. The minimum Gasteiger partial charge on any atom is -0.383 e. The van der Waals surface area contributed by atoms with Gasteiger partial charge in [-0.15, -0.1) is 0 Å². The van der Waals surface area contributed by atoms with E-state index in [2.05, 4.69) is 27.6 Å². The molecule has 0 saturated heterocycles. The smallest absolute Gasteiger partial charge is 0.191 e. The van der Waals surface area contributed by atoms with E-state index in [1.54, 1.807) is 20.2 Å². The highest BCUT2D eigenvalue weighted by Gasteiger charge is 2.11. The maximum absolute atomic E-state index is 6.24. The molecule has 1 unspecified atom stereocenters. The lowest BCUT2D eigenvalue weighted by Gasteiger charge is -2.21. The van der Waals surface area contributed by atoms with Crippen LogP contribution in [-0.2, 0) is 4.74 Å². The summed E-state index contributed by atoms with van der Waals surface area (Å²) in [6.45, 7) is 5.37. The van der Waals surface area contributed by atoms with Gasteiger partial charge in [0, 0.05) is 43.8 Å². The van der Waals surface area contributed by atoms with E-state index in [4.69, 9.17) is 27.9 Å². The van der Waals surface area contributed by atoms with Crippen LogP contribution in [0.2, 0.25) is 10.0 Å². The first kappa shape index (κ1) is 20.0. The number of halogens is 2. The van der Waals surface area contributed by atoms with Crippen LogP contribution >= 0.6 is 23.2 Å². The summed E-state index contributed by atoms with van der Waals surface area (Å²) in [5, 5.41) is 7.90. The van der Waals surface area contributed by atoms with Crippen LogP contribution in [0, 0.1) is 0 Å². The van der Waals surface area contributed by atoms with Gasteiger partial charge in [0.15, 0.2) is 5.96 Å². The monoisotopic (exact) mass is 360 g/mol. The first-order valence-electron chi connectivity index (χ1n) is 7.57. The summed E-state index contributed by atoms with van der Waals surface area (Å²) < 4.78 is 5.06. The van der Waals surface area contributed by atoms with Crippen molar-refractivity contribution in [3.8, 4) is 0 Å². The third-order valence-corrected chi connectivity index (χ3v) is 4.03. The summed E-state index contributed by atoms with van der Waals surface area (Å²) in [5.74, 6) is 0.739. The minimum atomic E-state index is 0.0252. The Kier molecular flexibility index (Phi) is 9.33. The van der Waals surface area contributed by atoms with Crippen molar-refractivity contribution in [1.29, 1.82) is 0 Å². The molecule has 0 amide bonds. The van der Waals surface area contributed by atoms with Gasteiger partial charge in [0.25, 0.3) is 0 Å². The van der Waals surface area contributed by atoms with Gasteiger partial charge in [-0.1, -0.05) is 29.3 Å². The zero-order chi connectivity index (χ0) is 17.2. The first-order chi connectivity index (χ1) is 11.0. The van der Waals surface area contributed by atoms with Gasteiger partial charge in [-0.2, -0.15) is 0 Å². The van der Waals surface area contributed by atoms with Crippen molar-refractivity contribution in [2.45, 2.75) is 13.0 Å². The molecular formula is C16H26Cl2N4O. The summed E-state index contributed by atoms with van der Waals surface area (Å²) in [4.78, 5) is 6.44. The quantitative estimate of drug-likeness (QED) is 0.552. The Bertz CT molecular complexity index is 511. The molecule has 0 radical (unpaired) electrons. The minimum absolute atomic E-state index is 0.0252. The number of nitrogens with one attached hydrogen (secondary N) is 2. The Morgan fingerprint density at radius 2 is 2.09 bits per heavy atom. The summed E-state index contributed by atoms with van der Waals surface area (Å²) in [5.41, 5.74) is 0.983. The number of methoxy groups -OCH3 is 1. The zero-order valence-corrected chi connectivity index (χ0v) is 15.7. The van der Waals surface area contributed by atoms with Crippen molar-refractivity contribution >= 4 is 29.2 Å². The highest BCUT2D eigenvalue weighted by molar-refractivity contribution is 6.35. The van der Waals surface area contributed by atoms with E-state index in [9.17, 15) is 0 Å². The molecule has 2 N–H and O–H groups in total. The standard InChI is InChI=1S/C16H26Cl2N4O/c1-12(14-6-5-13(17)11-15(14)18)21-16(19-2)20-7-8-22(3)9-10-23-4/h5-6,11-12H,7-10H2,1-4H3,(H2,19,20,21). The van der Waals surface area contributed by atoms with Crippen LogP contribution in [0.3, 0.4) is 0 Å². The zero-order valence-electron chi connectivity index (χ0n) is 14.2. The molecule has 1 atom stereocenters. The molecule has 0 aliphatic heterocycles. The van der Waals surface area contributed by atoms with Crippen molar-refractivity contribution in [3.05, 3.63) is 33.8 Å². The summed E-state index contributed by atoms with van der Waals surface area (Å²) in [6.07, 6.45) is 0. The number of ether oxygens (including phenoxy) is 1. The van der Waals surface area contributed by atoms with Gasteiger partial charge in [0.1, 0.15) is 0 Å². The van der Waals surface area contributed by atoms with Gasteiger partial charge in [-0.3, -0.25) is 4.99 Å². The highest BCUT2D eigenvalue weighted by atomic mass is 35.5. The Labute approximate surface area is 149 Å². The number of hydrogen-bond acceptors (Lipinski definition) is 3. The van der Waals surface area contributed by atoms with Crippen molar-refractivity contribution in [3.63, 3.8) is 0 Å². The van der Waals surface area contributed by atoms with Gasteiger partial charge < -0.3 is 20.3 Å². The topological polar surface area (TPSA) is 48.9 Å². The van der Waals surface area contributed by atoms with Crippen LogP contribution in [0.1, 0.15) is 18.5 Å². The molecule has 7 heteroatoms. The third-order valence-electron chi connectivity index (χ3n) is 3.47. The molecule has 23 heavy (non-hydrogen) atoms. The predicted octanol–water partition coefficient (Wildman–Crippen LogP) is 2.80. The van der Waals surface area contributed by atoms with Gasteiger partial charge in [-0.05, 0) is 31.7 Å². The Morgan fingerprint density at radius 1 is 1.35 bits per heavy atom. The predicted molar refractivity (Wildman–Crippen MR) is 98.7 cm³/mol. The fraction of sp³-hybridized carbons (Fsp3) is 0.562. The highest BCUT2D eigenvalue weighted by Crippen LogP contribution is 2.25. The van der Waals surface area contributed by atoms with Crippen molar-refractivity contribution < 1.29 is 4.74 Å².